The van der Waals surface area contributed by atoms with Gasteiger partial charge in [0.1, 0.15) is 11.8 Å². The van der Waals surface area contributed by atoms with E-state index in [1.165, 1.54) is 6.20 Å². The van der Waals surface area contributed by atoms with Crippen molar-refractivity contribution in [1.29, 1.82) is 0 Å². The van der Waals surface area contributed by atoms with Gasteiger partial charge in [0, 0.05) is 12.2 Å². The number of carbonyl (C=O) groups excluding carboxylic acids is 2. The number of amides is 2. The lowest BCUT2D eigenvalue weighted by molar-refractivity contribution is -0.118. The number of anilines is 1. The molecule has 2 heterocycles. The normalized spacial score (nSPS) is 17.8. The molecule has 0 spiro atoms. The summed E-state index contributed by atoms with van der Waals surface area (Å²) in [6.45, 7) is 4.29. The molecule has 1 aromatic carbocycles. The van der Waals surface area contributed by atoms with Crippen molar-refractivity contribution >= 4 is 17.5 Å². The van der Waals surface area contributed by atoms with Gasteiger partial charge in [0.05, 0.1) is 6.20 Å². The molecule has 6 nitrogen and oxygen atoms in total. The molecule has 2 amide bonds. The van der Waals surface area contributed by atoms with Crippen molar-refractivity contribution in [2.45, 2.75) is 26.3 Å². The Morgan fingerprint density at radius 3 is 2.68 bits per heavy atom. The molecule has 1 aliphatic heterocycles. The zero-order valence-corrected chi connectivity index (χ0v) is 12.5. The summed E-state index contributed by atoms with van der Waals surface area (Å²) >= 11 is 0. The van der Waals surface area contributed by atoms with Crippen LogP contribution in [-0.4, -0.2) is 29.4 Å². The second-order valence-corrected chi connectivity index (χ2v) is 5.42. The van der Waals surface area contributed by atoms with Gasteiger partial charge >= 0.3 is 5.91 Å². The highest BCUT2D eigenvalue weighted by Gasteiger charge is 2.34. The number of aryl methyl sites for hydroxylation is 2. The van der Waals surface area contributed by atoms with Crippen LogP contribution in [0.25, 0.3) is 0 Å². The molecule has 0 aliphatic carbocycles. The number of nitrogens with zero attached hydrogens (tertiary/aromatic N) is 2. The zero-order chi connectivity index (χ0) is 15.7. The Kier molecular flexibility index (Phi) is 3.66. The number of nitrogens with one attached hydrogen (secondary N) is 1. The van der Waals surface area contributed by atoms with E-state index in [1.54, 1.807) is 11.8 Å². The fraction of sp³-hybridized carbons (Fsp3) is 0.312. The largest absolute Gasteiger partial charge is 0.438 e. The van der Waals surface area contributed by atoms with Crippen molar-refractivity contribution in [3.63, 3.8) is 0 Å². The van der Waals surface area contributed by atoms with Gasteiger partial charge in [-0.05, 0) is 32.4 Å². The van der Waals surface area contributed by atoms with Gasteiger partial charge < -0.3 is 14.6 Å². The van der Waals surface area contributed by atoms with Crippen LogP contribution in [0, 0.1) is 13.8 Å². The first kappa shape index (κ1) is 14.3. The predicted molar refractivity (Wildman–Crippen MR) is 80.6 cm³/mol. The Hall–Kier alpha value is -2.63. The van der Waals surface area contributed by atoms with Gasteiger partial charge in [0.2, 0.25) is 5.91 Å². The van der Waals surface area contributed by atoms with E-state index in [4.69, 9.17) is 4.42 Å². The van der Waals surface area contributed by atoms with E-state index in [-0.39, 0.29) is 11.8 Å². The number of benzene rings is 1. The van der Waals surface area contributed by atoms with Crippen molar-refractivity contribution in [2.75, 3.05) is 11.4 Å². The average Bonchev–Trinajstić information content (AvgIpc) is 3.08. The molecule has 1 unspecified atom stereocenters. The molecule has 0 radical (unpaired) electrons. The molecule has 1 aromatic heterocycles. The summed E-state index contributed by atoms with van der Waals surface area (Å²) in [4.78, 5) is 30.0. The first-order valence-electron chi connectivity index (χ1n) is 7.16. The highest BCUT2D eigenvalue weighted by molar-refractivity contribution is 6.02. The average molecular weight is 299 g/mol. The Morgan fingerprint density at radius 2 is 2.05 bits per heavy atom. The molecule has 3 rings (SSSR count). The molecule has 114 valence electrons. The SMILES string of the molecule is Cc1ccc(N2CCC(NC(=O)c3ncc(C)o3)C2=O)cc1. The number of oxazole rings is 1. The Bertz CT molecular complexity index is 706. The molecule has 1 saturated heterocycles. The van der Waals surface area contributed by atoms with Crippen LogP contribution in [-0.2, 0) is 4.79 Å². The van der Waals surface area contributed by atoms with Gasteiger partial charge in [-0.15, -0.1) is 0 Å². The number of rotatable bonds is 3. The summed E-state index contributed by atoms with van der Waals surface area (Å²) in [7, 11) is 0. The van der Waals surface area contributed by atoms with E-state index in [0.717, 1.165) is 11.3 Å². The van der Waals surface area contributed by atoms with Crippen molar-refractivity contribution in [3.05, 3.63) is 47.7 Å². The van der Waals surface area contributed by atoms with Gasteiger partial charge in [0.25, 0.3) is 5.89 Å². The minimum Gasteiger partial charge on any atom is -0.438 e. The highest BCUT2D eigenvalue weighted by Crippen LogP contribution is 2.22. The van der Waals surface area contributed by atoms with E-state index < -0.39 is 11.9 Å². The third-order valence-corrected chi connectivity index (χ3v) is 3.67. The maximum absolute atomic E-state index is 12.4. The number of carbonyl (C=O) groups is 2. The van der Waals surface area contributed by atoms with Gasteiger partial charge in [0.15, 0.2) is 0 Å². The number of aromatic nitrogens is 1. The summed E-state index contributed by atoms with van der Waals surface area (Å²) in [5, 5.41) is 2.68. The van der Waals surface area contributed by atoms with Crippen LogP contribution < -0.4 is 10.2 Å². The summed E-state index contributed by atoms with van der Waals surface area (Å²) in [6.07, 6.45) is 2.04. The van der Waals surface area contributed by atoms with Crippen LogP contribution in [0.1, 0.15) is 28.4 Å². The summed E-state index contributed by atoms with van der Waals surface area (Å²) in [6, 6.07) is 7.21. The monoisotopic (exact) mass is 299 g/mol. The third kappa shape index (κ3) is 2.72. The Morgan fingerprint density at radius 1 is 1.32 bits per heavy atom. The van der Waals surface area contributed by atoms with Crippen molar-refractivity contribution in [2.24, 2.45) is 0 Å². The lowest BCUT2D eigenvalue weighted by atomic mass is 10.2. The van der Waals surface area contributed by atoms with Crippen LogP contribution >= 0.6 is 0 Å². The molecule has 1 atom stereocenters. The fourth-order valence-corrected chi connectivity index (χ4v) is 2.47. The fourth-order valence-electron chi connectivity index (χ4n) is 2.47. The minimum atomic E-state index is -0.541. The van der Waals surface area contributed by atoms with E-state index in [1.807, 2.05) is 31.2 Å². The van der Waals surface area contributed by atoms with E-state index >= 15 is 0 Å². The third-order valence-electron chi connectivity index (χ3n) is 3.67. The molecule has 1 N–H and O–H groups in total. The molecule has 1 fully saturated rings. The number of hydrogen-bond acceptors (Lipinski definition) is 4. The Labute approximate surface area is 128 Å². The van der Waals surface area contributed by atoms with Crippen LogP contribution in [0.3, 0.4) is 0 Å². The first-order chi connectivity index (χ1) is 10.5. The molecular formula is C16H17N3O3. The van der Waals surface area contributed by atoms with Gasteiger partial charge in [-0.3, -0.25) is 9.59 Å². The van der Waals surface area contributed by atoms with Crippen LogP contribution in [0.4, 0.5) is 5.69 Å². The van der Waals surface area contributed by atoms with Gasteiger partial charge in [-0.2, -0.15) is 0 Å². The van der Waals surface area contributed by atoms with Crippen molar-refractivity contribution in [3.8, 4) is 0 Å². The second-order valence-electron chi connectivity index (χ2n) is 5.42. The maximum Gasteiger partial charge on any atom is 0.307 e. The van der Waals surface area contributed by atoms with E-state index in [2.05, 4.69) is 10.3 Å². The second kappa shape index (κ2) is 5.63. The molecule has 22 heavy (non-hydrogen) atoms. The summed E-state index contributed by atoms with van der Waals surface area (Å²) < 4.78 is 5.17. The van der Waals surface area contributed by atoms with Crippen molar-refractivity contribution in [1.82, 2.24) is 10.3 Å². The maximum atomic E-state index is 12.4. The Balaban J connectivity index is 1.68. The van der Waals surface area contributed by atoms with Crippen LogP contribution in [0.2, 0.25) is 0 Å². The van der Waals surface area contributed by atoms with Crippen molar-refractivity contribution < 1.29 is 14.0 Å². The summed E-state index contributed by atoms with van der Waals surface area (Å²) in [5.74, 6) is -0.0269. The van der Waals surface area contributed by atoms with Gasteiger partial charge in [-0.25, -0.2) is 4.98 Å². The molecule has 6 heteroatoms. The lowest BCUT2D eigenvalue weighted by Crippen LogP contribution is -2.41. The lowest BCUT2D eigenvalue weighted by Gasteiger charge is -2.17. The molecule has 0 saturated carbocycles. The molecule has 1 aliphatic rings. The topological polar surface area (TPSA) is 75.4 Å². The smallest absolute Gasteiger partial charge is 0.307 e. The number of hydrogen-bond donors (Lipinski definition) is 1. The summed E-state index contributed by atoms with van der Waals surface area (Å²) in [5.41, 5.74) is 1.99. The first-order valence-corrected chi connectivity index (χ1v) is 7.16. The van der Waals surface area contributed by atoms with E-state index in [0.29, 0.717) is 18.7 Å². The minimum absolute atomic E-state index is 0.0147. The molecule has 2 aromatic rings. The van der Waals surface area contributed by atoms with Gasteiger partial charge in [-0.1, -0.05) is 17.7 Å². The van der Waals surface area contributed by atoms with Crippen LogP contribution in [0.5, 0.6) is 0 Å². The van der Waals surface area contributed by atoms with E-state index in [9.17, 15) is 9.59 Å². The zero-order valence-electron chi connectivity index (χ0n) is 12.5. The van der Waals surface area contributed by atoms with Crippen LogP contribution in [0.15, 0.2) is 34.9 Å². The quantitative estimate of drug-likeness (QED) is 0.938. The standard InChI is InChI=1S/C16H17N3O3/c1-10-3-5-12(6-4-10)19-8-7-13(16(19)21)18-14(20)15-17-9-11(2)22-15/h3-6,9,13H,7-8H2,1-2H3,(H,18,20). The highest BCUT2D eigenvalue weighted by atomic mass is 16.4. The molecular weight excluding hydrogens is 282 g/mol. The predicted octanol–water partition coefficient (Wildman–Crippen LogP) is 1.83. The molecule has 0 bridgehead atoms.